The Bertz CT molecular complexity index is 363. The fraction of sp³-hybridized carbons (Fsp3) is 0.867. The molecule has 0 aromatic rings. The molecule has 4 atom stereocenters. The van der Waals surface area contributed by atoms with Gasteiger partial charge >= 0.3 is 0 Å². The van der Waals surface area contributed by atoms with E-state index in [0.29, 0.717) is 0 Å². The molecule has 1 amide bonds. The molecule has 1 saturated carbocycles. The maximum Gasteiger partial charge on any atom is 0.237 e. The van der Waals surface area contributed by atoms with E-state index in [-0.39, 0.29) is 23.9 Å². The second kappa shape index (κ2) is 6.38. The standard InChI is InChI=1S/C15H25N3O/c1-3-4-12-5-6-13(10-16)14(9-12)18-8-7-17-15(19)11(18)2/h11-14H,3-9H2,1-2H3,(H,17,19). The van der Waals surface area contributed by atoms with Crippen LogP contribution in [0.5, 0.6) is 0 Å². The van der Waals surface area contributed by atoms with Gasteiger partial charge in [0, 0.05) is 19.1 Å². The van der Waals surface area contributed by atoms with Gasteiger partial charge in [0.05, 0.1) is 18.0 Å². The van der Waals surface area contributed by atoms with E-state index in [4.69, 9.17) is 0 Å². The summed E-state index contributed by atoms with van der Waals surface area (Å²) in [4.78, 5) is 14.1. The molecule has 0 aromatic heterocycles. The van der Waals surface area contributed by atoms with Crippen LogP contribution in [-0.4, -0.2) is 36.0 Å². The summed E-state index contributed by atoms with van der Waals surface area (Å²) >= 11 is 0. The number of nitriles is 1. The van der Waals surface area contributed by atoms with Crippen LogP contribution >= 0.6 is 0 Å². The summed E-state index contributed by atoms with van der Waals surface area (Å²) in [7, 11) is 0. The van der Waals surface area contributed by atoms with Crippen molar-refractivity contribution >= 4 is 5.91 Å². The number of nitrogens with zero attached hydrogens (tertiary/aromatic N) is 2. The zero-order valence-corrected chi connectivity index (χ0v) is 12.1. The topological polar surface area (TPSA) is 56.1 Å². The molecule has 4 nitrogen and oxygen atoms in total. The summed E-state index contributed by atoms with van der Waals surface area (Å²) in [6.45, 7) is 5.79. The van der Waals surface area contributed by atoms with Crippen LogP contribution < -0.4 is 5.32 Å². The van der Waals surface area contributed by atoms with Crippen molar-refractivity contribution in [3.8, 4) is 6.07 Å². The second-order valence-corrected chi connectivity index (χ2v) is 5.98. The largest absolute Gasteiger partial charge is 0.353 e. The Morgan fingerprint density at radius 3 is 2.95 bits per heavy atom. The molecule has 1 N–H and O–H groups in total. The van der Waals surface area contributed by atoms with Gasteiger partial charge < -0.3 is 5.32 Å². The van der Waals surface area contributed by atoms with Crippen LogP contribution in [0.25, 0.3) is 0 Å². The highest BCUT2D eigenvalue weighted by Gasteiger charge is 2.39. The highest BCUT2D eigenvalue weighted by Crippen LogP contribution is 2.35. The van der Waals surface area contributed by atoms with Gasteiger partial charge in [0.1, 0.15) is 0 Å². The Morgan fingerprint density at radius 1 is 1.47 bits per heavy atom. The molecule has 1 heterocycles. The van der Waals surface area contributed by atoms with Gasteiger partial charge in [-0.15, -0.1) is 0 Å². The van der Waals surface area contributed by atoms with Gasteiger partial charge in [0.15, 0.2) is 0 Å². The third-order valence-corrected chi connectivity index (χ3v) is 4.76. The molecule has 0 bridgehead atoms. The van der Waals surface area contributed by atoms with Crippen molar-refractivity contribution in [2.75, 3.05) is 13.1 Å². The molecule has 4 heteroatoms. The van der Waals surface area contributed by atoms with Crippen LogP contribution in [0.1, 0.15) is 46.0 Å². The minimum atomic E-state index is -0.0880. The summed E-state index contributed by atoms with van der Waals surface area (Å²) in [6.07, 6.45) is 5.73. The molecular formula is C15H25N3O. The molecule has 2 fully saturated rings. The SMILES string of the molecule is CCCC1CCC(C#N)C(N2CCNC(=O)C2C)C1. The first-order chi connectivity index (χ1) is 9.17. The molecule has 19 heavy (non-hydrogen) atoms. The number of hydrogen-bond acceptors (Lipinski definition) is 3. The first kappa shape index (κ1) is 14.3. The van der Waals surface area contributed by atoms with E-state index in [0.717, 1.165) is 31.8 Å². The van der Waals surface area contributed by atoms with Crippen molar-refractivity contribution in [3.05, 3.63) is 0 Å². The van der Waals surface area contributed by atoms with Gasteiger partial charge in [-0.3, -0.25) is 9.69 Å². The first-order valence-electron chi connectivity index (χ1n) is 7.60. The van der Waals surface area contributed by atoms with Gasteiger partial charge in [0.2, 0.25) is 5.91 Å². The molecule has 106 valence electrons. The van der Waals surface area contributed by atoms with Gasteiger partial charge in [-0.1, -0.05) is 19.8 Å². The summed E-state index contributed by atoms with van der Waals surface area (Å²) in [5.74, 6) is 0.943. The van der Waals surface area contributed by atoms with E-state index < -0.39 is 0 Å². The van der Waals surface area contributed by atoms with E-state index in [1.165, 1.54) is 19.3 Å². The summed E-state index contributed by atoms with van der Waals surface area (Å²) in [5, 5.41) is 12.3. The highest BCUT2D eigenvalue weighted by molar-refractivity contribution is 5.82. The van der Waals surface area contributed by atoms with Crippen LogP contribution in [-0.2, 0) is 4.79 Å². The average molecular weight is 263 g/mol. The number of hydrogen-bond donors (Lipinski definition) is 1. The maximum atomic E-state index is 11.8. The highest BCUT2D eigenvalue weighted by atomic mass is 16.2. The Labute approximate surface area is 116 Å². The third kappa shape index (κ3) is 3.09. The van der Waals surface area contributed by atoms with Gasteiger partial charge in [-0.25, -0.2) is 0 Å². The summed E-state index contributed by atoms with van der Waals surface area (Å²) in [6, 6.07) is 2.66. The quantitative estimate of drug-likeness (QED) is 0.846. The van der Waals surface area contributed by atoms with Gasteiger partial charge in [0.25, 0.3) is 0 Å². The molecule has 1 aliphatic carbocycles. The zero-order valence-electron chi connectivity index (χ0n) is 12.1. The van der Waals surface area contributed by atoms with Crippen molar-refractivity contribution in [1.29, 1.82) is 5.26 Å². The maximum absolute atomic E-state index is 11.8. The van der Waals surface area contributed by atoms with Crippen molar-refractivity contribution in [2.24, 2.45) is 11.8 Å². The lowest BCUT2D eigenvalue weighted by Crippen LogP contribution is -2.59. The van der Waals surface area contributed by atoms with Gasteiger partial charge in [-0.2, -0.15) is 5.26 Å². The number of amides is 1. The van der Waals surface area contributed by atoms with Crippen molar-refractivity contribution in [1.82, 2.24) is 10.2 Å². The lowest BCUT2D eigenvalue weighted by Gasteiger charge is -2.44. The normalized spacial score (nSPS) is 36.6. The van der Waals surface area contributed by atoms with Crippen LogP contribution in [0.2, 0.25) is 0 Å². The number of carbonyl (C=O) groups is 1. The van der Waals surface area contributed by atoms with E-state index in [1.807, 2.05) is 6.92 Å². The molecule has 1 saturated heterocycles. The Morgan fingerprint density at radius 2 is 2.26 bits per heavy atom. The lowest BCUT2D eigenvalue weighted by molar-refractivity contribution is -0.130. The average Bonchev–Trinajstić information content (AvgIpc) is 2.42. The molecule has 0 radical (unpaired) electrons. The van der Waals surface area contributed by atoms with E-state index >= 15 is 0 Å². The Hall–Kier alpha value is -1.08. The summed E-state index contributed by atoms with van der Waals surface area (Å²) in [5.41, 5.74) is 0. The van der Waals surface area contributed by atoms with E-state index in [9.17, 15) is 10.1 Å². The fourth-order valence-electron chi connectivity index (χ4n) is 3.67. The second-order valence-electron chi connectivity index (χ2n) is 5.98. The molecule has 0 spiro atoms. The van der Waals surface area contributed by atoms with Crippen LogP contribution in [0.15, 0.2) is 0 Å². The lowest BCUT2D eigenvalue weighted by atomic mass is 9.76. The van der Waals surface area contributed by atoms with Crippen molar-refractivity contribution in [3.63, 3.8) is 0 Å². The number of rotatable bonds is 3. The molecule has 2 aliphatic rings. The minimum Gasteiger partial charge on any atom is -0.353 e. The van der Waals surface area contributed by atoms with Crippen molar-refractivity contribution < 1.29 is 4.79 Å². The minimum absolute atomic E-state index is 0.0880. The Kier molecular flexibility index (Phi) is 4.81. The monoisotopic (exact) mass is 263 g/mol. The molecule has 1 aliphatic heterocycles. The number of carbonyl (C=O) groups excluding carboxylic acids is 1. The molecule has 2 rings (SSSR count). The fourth-order valence-corrected chi connectivity index (χ4v) is 3.67. The first-order valence-corrected chi connectivity index (χ1v) is 7.60. The summed E-state index contributed by atoms with van der Waals surface area (Å²) < 4.78 is 0. The number of piperazine rings is 1. The predicted octanol–water partition coefficient (Wildman–Crippen LogP) is 1.92. The third-order valence-electron chi connectivity index (χ3n) is 4.76. The zero-order chi connectivity index (χ0) is 13.8. The molecule has 4 unspecified atom stereocenters. The van der Waals surface area contributed by atoms with Crippen LogP contribution in [0, 0.1) is 23.2 Å². The van der Waals surface area contributed by atoms with Crippen molar-refractivity contribution in [2.45, 2.75) is 58.0 Å². The molecule has 0 aromatic carbocycles. The van der Waals surface area contributed by atoms with Gasteiger partial charge in [-0.05, 0) is 32.1 Å². The van der Waals surface area contributed by atoms with E-state index in [1.54, 1.807) is 0 Å². The number of nitrogens with one attached hydrogen (secondary N) is 1. The van der Waals surface area contributed by atoms with Crippen LogP contribution in [0.3, 0.4) is 0 Å². The smallest absolute Gasteiger partial charge is 0.237 e. The van der Waals surface area contributed by atoms with E-state index in [2.05, 4.69) is 23.2 Å². The molecular weight excluding hydrogens is 238 g/mol. The predicted molar refractivity (Wildman–Crippen MR) is 74.3 cm³/mol. The van der Waals surface area contributed by atoms with Crippen LogP contribution in [0.4, 0.5) is 0 Å². The Balaban J connectivity index is 2.09.